The van der Waals surface area contributed by atoms with Gasteiger partial charge in [0.05, 0.1) is 22.4 Å². The molecule has 12 heteroatoms. The van der Waals surface area contributed by atoms with Crippen molar-refractivity contribution in [2.45, 2.75) is 29.0 Å². The standard InChI is InChI=1S/C30H25F3N2O6S/c1-39-22-6-9-24(10-7-22)42(37,38)28-25-5-3-2-4-19(25)16-20(12-14-34)26(28)18-40-23-8-11-27-21(17-23)13-15-35(27)41-29(36)30(31,32)33/h2-11,13,15-17H,12,14,18,34H2,1H3. The van der Waals surface area contributed by atoms with Gasteiger partial charge in [-0.05, 0) is 72.4 Å². The number of nitrogens with zero attached hydrogens (tertiary/aromatic N) is 1. The number of benzene rings is 4. The highest BCUT2D eigenvalue weighted by Crippen LogP contribution is 2.36. The van der Waals surface area contributed by atoms with Crippen LogP contribution >= 0.6 is 0 Å². The lowest BCUT2D eigenvalue weighted by Gasteiger charge is -2.19. The van der Waals surface area contributed by atoms with Gasteiger partial charge in [-0.25, -0.2) is 13.2 Å². The molecule has 0 spiro atoms. The van der Waals surface area contributed by atoms with Crippen LogP contribution in [0.2, 0.25) is 0 Å². The van der Waals surface area contributed by atoms with Crippen LogP contribution in [-0.2, 0) is 27.7 Å². The fourth-order valence-corrected chi connectivity index (χ4v) is 6.41. The molecule has 4 aromatic carbocycles. The lowest BCUT2D eigenvalue weighted by atomic mass is 9.99. The van der Waals surface area contributed by atoms with Crippen molar-refractivity contribution in [2.24, 2.45) is 5.73 Å². The summed E-state index contributed by atoms with van der Waals surface area (Å²) >= 11 is 0. The van der Waals surface area contributed by atoms with Gasteiger partial charge in [-0.3, -0.25) is 0 Å². The number of alkyl halides is 3. The third-order valence-electron chi connectivity index (χ3n) is 6.67. The van der Waals surface area contributed by atoms with E-state index in [4.69, 9.17) is 15.2 Å². The maximum Gasteiger partial charge on any atom is 0.493 e. The Morgan fingerprint density at radius 3 is 2.33 bits per heavy atom. The van der Waals surface area contributed by atoms with Gasteiger partial charge in [-0.1, -0.05) is 30.3 Å². The van der Waals surface area contributed by atoms with Crippen molar-refractivity contribution in [3.63, 3.8) is 0 Å². The predicted octanol–water partition coefficient (Wildman–Crippen LogP) is 5.23. The van der Waals surface area contributed by atoms with Crippen LogP contribution in [0.15, 0.2) is 94.9 Å². The molecule has 0 radical (unpaired) electrons. The van der Waals surface area contributed by atoms with Crippen LogP contribution < -0.4 is 20.0 Å². The molecule has 0 bridgehead atoms. The fourth-order valence-electron chi connectivity index (χ4n) is 4.69. The smallest absolute Gasteiger partial charge is 0.493 e. The highest BCUT2D eigenvalue weighted by molar-refractivity contribution is 7.91. The zero-order valence-electron chi connectivity index (χ0n) is 22.2. The third kappa shape index (κ3) is 5.63. The Morgan fingerprint density at radius 1 is 0.929 bits per heavy atom. The van der Waals surface area contributed by atoms with E-state index in [1.54, 1.807) is 30.3 Å². The first-order valence-electron chi connectivity index (χ1n) is 12.7. The minimum absolute atomic E-state index is 0.0794. The average molecular weight is 599 g/mol. The van der Waals surface area contributed by atoms with Gasteiger partial charge in [-0.15, -0.1) is 0 Å². The predicted molar refractivity (Wildman–Crippen MR) is 149 cm³/mol. The number of rotatable bonds is 9. The first-order valence-corrected chi connectivity index (χ1v) is 14.2. The summed E-state index contributed by atoms with van der Waals surface area (Å²) in [7, 11) is -2.55. The van der Waals surface area contributed by atoms with E-state index in [1.807, 2.05) is 18.2 Å². The number of nitrogens with two attached hydrogens (primary N) is 1. The molecule has 8 nitrogen and oxygen atoms in total. The van der Waals surface area contributed by atoms with Crippen molar-refractivity contribution in [2.75, 3.05) is 13.7 Å². The number of sulfone groups is 1. The summed E-state index contributed by atoms with van der Waals surface area (Å²) < 4.78 is 78.1. The summed E-state index contributed by atoms with van der Waals surface area (Å²) in [5.74, 6) is -1.52. The number of methoxy groups -OCH3 is 1. The van der Waals surface area contributed by atoms with Crippen LogP contribution in [0.5, 0.6) is 11.5 Å². The highest BCUT2D eigenvalue weighted by atomic mass is 32.2. The maximum atomic E-state index is 14.1. The SMILES string of the molecule is COc1ccc(S(=O)(=O)c2c(COc3ccc4c(ccn4OC(=O)C(F)(F)F)c3)c(CCN)cc3ccccc23)cc1. The fraction of sp³-hybridized carbons (Fsp3) is 0.167. The molecule has 0 saturated carbocycles. The molecule has 0 fully saturated rings. The Morgan fingerprint density at radius 2 is 1.64 bits per heavy atom. The maximum absolute atomic E-state index is 14.1. The normalized spacial score (nSPS) is 12.0. The number of carbonyl (C=O) groups is 1. The van der Waals surface area contributed by atoms with E-state index in [0.29, 0.717) is 39.8 Å². The van der Waals surface area contributed by atoms with E-state index >= 15 is 0 Å². The van der Waals surface area contributed by atoms with E-state index in [2.05, 4.69) is 4.84 Å². The number of ether oxygens (including phenoxy) is 2. The zero-order chi connectivity index (χ0) is 30.1. The number of halogens is 3. The average Bonchev–Trinajstić information content (AvgIpc) is 3.37. The third-order valence-corrected chi connectivity index (χ3v) is 8.57. The zero-order valence-corrected chi connectivity index (χ0v) is 23.0. The second-order valence-corrected chi connectivity index (χ2v) is 11.2. The highest BCUT2D eigenvalue weighted by Gasteiger charge is 2.42. The molecule has 1 heterocycles. The molecule has 0 aliphatic rings. The molecule has 42 heavy (non-hydrogen) atoms. The Bertz CT molecular complexity index is 1880. The van der Waals surface area contributed by atoms with E-state index in [9.17, 15) is 26.4 Å². The van der Waals surface area contributed by atoms with Crippen LogP contribution in [-0.4, -0.2) is 38.9 Å². The lowest BCUT2D eigenvalue weighted by molar-refractivity contribution is -0.199. The number of carbonyl (C=O) groups excluding carboxylic acids is 1. The summed E-state index contributed by atoms with van der Waals surface area (Å²) in [5, 5.41) is 1.69. The molecule has 1 aromatic heterocycles. The summed E-state index contributed by atoms with van der Waals surface area (Å²) in [5.41, 5.74) is 7.24. The molecule has 0 aliphatic carbocycles. The molecule has 0 aliphatic heterocycles. The van der Waals surface area contributed by atoms with Crippen LogP contribution in [0.3, 0.4) is 0 Å². The van der Waals surface area contributed by atoms with Crippen molar-refractivity contribution in [1.82, 2.24) is 4.73 Å². The molecule has 0 amide bonds. The number of fused-ring (bicyclic) bond motifs is 2. The monoisotopic (exact) mass is 598 g/mol. The van der Waals surface area contributed by atoms with E-state index in [1.165, 1.54) is 43.6 Å². The Balaban J connectivity index is 1.55. The van der Waals surface area contributed by atoms with E-state index in [-0.39, 0.29) is 28.5 Å². The molecule has 0 unspecified atom stereocenters. The van der Waals surface area contributed by atoms with Crippen LogP contribution in [0.25, 0.3) is 21.7 Å². The molecule has 218 valence electrons. The molecule has 0 saturated heterocycles. The van der Waals surface area contributed by atoms with Crippen molar-refractivity contribution in [3.8, 4) is 11.5 Å². The summed E-state index contributed by atoms with van der Waals surface area (Å²) in [6, 6.07) is 21.1. The van der Waals surface area contributed by atoms with Crippen molar-refractivity contribution in [3.05, 3.63) is 96.2 Å². The quantitative estimate of drug-likeness (QED) is 0.247. The van der Waals surface area contributed by atoms with Gasteiger partial charge >= 0.3 is 12.1 Å². The second-order valence-electron chi connectivity index (χ2n) is 9.31. The molecule has 0 atom stereocenters. The van der Waals surface area contributed by atoms with Gasteiger partial charge in [0.25, 0.3) is 0 Å². The Hall–Kier alpha value is -4.55. The first kappa shape index (κ1) is 29.0. The van der Waals surface area contributed by atoms with Gasteiger partial charge in [0, 0.05) is 22.5 Å². The minimum Gasteiger partial charge on any atom is -0.497 e. The summed E-state index contributed by atoms with van der Waals surface area (Å²) in [4.78, 5) is 15.9. The topological polar surface area (TPSA) is 110 Å². The summed E-state index contributed by atoms with van der Waals surface area (Å²) in [6.07, 6.45) is -3.58. The van der Waals surface area contributed by atoms with Gasteiger partial charge in [0.1, 0.15) is 18.1 Å². The number of hydrogen-bond acceptors (Lipinski definition) is 7. The molecule has 2 N–H and O–H groups in total. The van der Waals surface area contributed by atoms with Crippen LogP contribution in [0.1, 0.15) is 11.1 Å². The molecular weight excluding hydrogens is 573 g/mol. The van der Waals surface area contributed by atoms with Crippen molar-refractivity contribution >= 4 is 37.5 Å². The van der Waals surface area contributed by atoms with Gasteiger partial charge in [0.2, 0.25) is 9.84 Å². The van der Waals surface area contributed by atoms with E-state index in [0.717, 1.165) is 10.1 Å². The lowest BCUT2D eigenvalue weighted by Crippen LogP contribution is -2.32. The largest absolute Gasteiger partial charge is 0.497 e. The number of hydrogen-bond donors (Lipinski definition) is 1. The van der Waals surface area contributed by atoms with E-state index < -0.39 is 22.0 Å². The molecule has 5 rings (SSSR count). The van der Waals surface area contributed by atoms with Crippen LogP contribution in [0, 0.1) is 0 Å². The number of aromatic nitrogens is 1. The second kappa shape index (κ2) is 11.4. The molecular formula is C30H25F3N2O6S. The van der Waals surface area contributed by atoms with Crippen molar-refractivity contribution < 1.29 is 40.7 Å². The van der Waals surface area contributed by atoms with Gasteiger partial charge < -0.3 is 20.0 Å². The first-order chi connectivity index (χ1) is 20.0. The van der Waals surface area contributed by atoms with Gasteiger partial charge in [-0.2, -0.15) is 17.9 Å². The minimum atomic E-state index is -5.15. The molecule has 5 aromatic rings. The summed E-state index contributed by atoms with van der Waals surface area (Å²) in [6.45, 7) is 0.129. The van der Waals surface area contributed by atoms with Crippen LogP contribution in [0.4, 0.5) is 13.2 Å². The van der Waals surface area contributed by atoms with Crippen molar-refractivity contribution in [1.29, 1.82) is 0 Å². The Kier molecular flexibility index (Phi) is 7.85. The van der Waals surface area contributed by atoms with Gasteiger partial charge in [0.15, 0.2) is 0 Å². The Labute approximate surface area is 238 Å².